The molecule has 2 heterocycles. The predicted octanol–water partition coefficient (Wildman–Crippen LogP) is 1.38. The number of aliphatic hydroxyl groups is 1. The monoisotopic (exact) mass is 285 g/mol. The van der Waals surface area contributed by atoms with Gasteiger partial charge < -0.3 is 10.0 Å². The molecule has 0 radical (unpaired) electrons. The average Bonchev–Trinajstić information content (AvgIpc) is 2.66. The van der Waals surface area contributed by atoms with Gasteiger partial charge in [0.1, 0.15) is 6.54 Å². The van der Waals surface area contributed by atoms with E-state index in [1.54, 1.807) is 4.68 Å². The van der Waals surface area contributed by atoms with E-state index in [2.05, 4.69) is 5.10 Å². The molecule has 0 aromatic carbocycles. The van der Waals surface area contributed by atoms with Crippen LogP contribution < -0.4 is 0 Å². The summed E-state index contributed by atoms with van der Waals surface area (Å²) >= 11 is 6.07. The summed E-state index contributed by atoms with van der Waals surface area (Å²) in [5.41, 5.74) is 1.57. The first-order valence-electron chi connectivity index (χ1n) is 6.61. The number of rotatable bonds is 3. The molecule has 1 aromatic rings. The molecule has 1 fully saturated rings. The summed E-state index contributed by atoms with van der Waals surface area (Å²) in [5.74, 6) is 0.252. The number of halogens is 1. The highest BCUT2D eigenvalue weighted by atomic mass is 35.5. The molecule has 106 valence electrons. The van der Waals surface area contributed by atoms with Gasteiger partial charge >= 0.3 is 0 Å². The minimum Gasteiger partial charge on any atom is -0.396 e. The molecule has 0 saturated carbocycles. The zero-order valence-corrected chi connectivity index (χ0v) is 12.2. The second-order valence-corrected chi connectivity index (χ2v) is 5.55. The smallest absolute Gasteiger partial charge is 0.244 e. The van der Waals surface area contributed by atoms with Crippen LogP contribution in [-0.2, 0) is 11.3 Å². The molecule has 2 rings (SSSR count). The van der Waals surface area contributed by atoms with Gasteiger partial charge in [-0.2, -0.15) is 5.10 Å². The molecule has 1 N–H and O–H groups in total. The van der Waals surface area contributed by atoms with E-state index in [0.717, 1.165) is 30.8 Å². The van der Waals surface area contributed by atoms with E-state index >= 15 is 0 Å². The van der Waals surface area contributed by atoms with Crippen molar-refractivity contribution in [3.8, 4) is 0 Å². The Morgan fingerprint density at radius 1 is 1.53 bits per heavy atom. The Kier molecular flexibility index (Phi) is 4.47. The van der Waals surface area contributed by atoms with Gasteiger partial charge in [-0.1, -0.05) is 11.6 Å². The first kappa shape index (κ1) is 14.3. The standard InChI is InChI=1S/C13H20ClN3O2/c1-9-13(14)10(2)17(15-9)7-12(19)16-5-3-4-11(6-16)8-18/h11,18H,3-8H2,1-2H3. The number of carbonyl (C=O) groups is 1. The van der Waals surface area contributed by atoms with Gasteiger partial charge in [0.2, 0.25) is 5.91 Å². The lowest BCUT2D eigenvalue weighted by molar-refractivity contribution is -0.134. The Hall–Kier alpha value is -1.07. The minimum absolute atomic E-state index is 0.0421. The van der Waals surface area contributed by atoms with Crippen LogP contribution in [0.4, 0.5) is 0 Å². The van der Waals surface area contributed by atoms with E-state index in [1.807, 2.05) is 18.7 Å². The van der Waals surface area contributed by atoms with Crippen LogP contribution in [0.15, 0.2) is 0 Å². The number of piperidine rings is 1. The van der Waals surface area contributed by atoms with Crippen molar-refractivity contribution < 1.29 is 9.90 Å². The summed E-state index contributed by atoms with van der Waals surface area (Å²) in [5, 5.41) is 14.1. The van der Waals surface area contributed by atoms with Crippen molar-refractivity contribution in [1.29, 1.82) is 0 Å². The normalized spacial score (nSPS) is 19.8. The number of likely N-dealkylation sites (tertiary alicyclic amines) is 1. The van der Waals surface area contributed by atoms with Crippen molar-refractivity contribution in [2.75, 3.05) is 19.7 Å². The molecule has 1 atom stereocenters. The minimum atomic E-state index is 0.0421. The van der Waals surface area contributed by atoms with Crippen LogP contribution in [0.25, 0.3) is 0 Å². The molecule has 1 aliphatic rings. The molecule has 1 aliphatic heterocycles. The van der Waals surface area contributed by atoms with Crippen LogP contribution >= 0.6 is 11.6 Å². The van der Waals surface area contributed by atoms with E-state index in [0.29, 0.717) is 11.6 Å². The van der Waals surface area contributed by atoms with E-state index in [4.69, 9.17) is 11.6 Å². The van der Waals surface area contributed by atoms with Gasteiger partial charge in [0.25, 0.3) is 0 Å². The number of hydrogen-bond donors (Lipinski definition) is 1. The second-order valence-electron chi connectivity index (χ2n) is 5.17. The fourth-order valence-corrected chi connectivity index (χ4v) is 2.63. The van der Waals surface area contributed by atoms with Crippen LogP contribution in [0.5, 0.6) is 0 Å². The Morgan fingerprint density at radius 2 is 2.26 bits per heavy atom. The zero-order valence-electron chi connectivity index (χ0n) is 11.4. The molecule has 19 heavy (non-hydrogen) atoms. The number of aromatic nitrogens is 2. The van der Waals surface area contributed by atoms with Gasteiger partial charge in [0.15, 0.2) is 0 Å². The zero-order chi connectivity index (χ0) is 14.0. The fourth-order valence-electron chi connectivity index (χ4n) is 2.50. The summed E-state index contributed by atoms with van der Waals surface area (Å²) in [6.07, 6.45) is 1.95. The van der Waals surface area contributed by atoms with E-state index in [1.165, 1.54) is 0 Å². The van der Waals surface area contributed by atoms with Crippen LogP contribution in [0.3, 0.4) is 0 Å². The Balaban J connectivity index is 2.02. The Morgan fingerprint density at radius 3 is 2.84 bits per heavy atom. The van der Waals surface area contributed by atoms with Crippen molar-refractivity contribution in [1.82, 2.24) is 14.7 Å². The molecule has 0 aliphatic carbocycles. The summed E-state index contributed by atoms with van der Waals surface area (Å²) in [7, 11) is 0. The molecule has 1 unspecified atom stereocenters. The molecule has 1 amide bonds. The lowest BCUT2D eigenvalue weighted by atomic mass is 9.99. The number of carbonyl (C=O) groups excluding carboxylic acids is 1. The third-order valence-corrected chi connectivity index (χ3v) is 4.26. The first-order chi connectivity index (χ1) is 9.02. The highest BCUT2D eigenvalue weighted by Crippen LogP contribution is 2.20. The van der Waals surface area contributed by atoms with Crippen LogP contribution in [0, 0.1) is 19.8 Å². The van der Waals surface area contributed by atoms with Gasteiger partial charge in [-0.15, -0.1) is 0 Å². The fraction of sp³-hybridized carbons (Fsp3) is 0.692. The van der Waals surface area contributed by atoms with Gasteiger partial charge in [-0.25, -0.2) is 0 Å². The van der Waals surface area contributed by atoms with Crippen LogP contribution in [-0.4, -0.2) is 45.4 Å². The summed E-state index contributed by atoms with van der Waals surface area (Å²) in [4.78, 5) is 14.1. The molecule has 1 saturated heterocycles. The maximum atomic E-state index is 12.2. The molecule has 0 spiro atoms. The van der Waals surface area contributed by atoms with Gasteiger partial charge in [-0.05, 0) is 32.6 Å². The largest absolute Gasteiger partial charge is 0.396 e. The molecule has 6 heteroatoms. The van der Waals surface area contributed by atoms with Crippen LogP contribution in [0.1, 0.15) is 24.2 Å². The van der Waals surface area contributed by atoms with Gasteiger partial charge in [0, 0.05) is 19.7 Å². The SMILES string of the molecule is Cc1nn(CC(=O)N2CCCC(CO)C2)c(C)c1Cl. The van der Waals surface area contributed by atoms with Crippen molar-refractivity contribution in [2.24, 2.45) is 5.92 Å². The number of aliphatic hydroxyl groups excluding tert-OH is 1. The van der Waals surface area contributed by atoms with Crippen molar-refractivity contribution in [2.45, 2.75) is 33.2 Å². The van der Waals surface area contributed by atoms with E-state index in [-0.39, 0.29) is 25.0 Å². The van der Waals surface area contributed by atoms with Crippen molar-refractivity contribution in [3.05, 3.63) is 16.4 Å². The number of hydrogen-bond acceptors (Lipinski definition) is 3. The van der Waals surface area contributed by atoms with Gasteiger partial charge in [0.05, 0.1) is 16.4 Å². The topological polar surface area (TPSA) is 58.4 Å². The molecular weight excluding hydrogens is 266 g/mol. The molecule has 5 nitrogen and oxygen atoms in total. The number of nitrogens with zero attached hydrogens (tertiary/aromatic N) is 3. The second kappa shape index (κ2) is 5.92. The molecular formula is C13H20ClN3O2. The van der Waals surface area contributed by atoms with Crippen LogP contribution in [0.2, 0.25) is 5.02 Å². The van der Waals surface area contributed by atoms with Crippen molar-refractivity contribution in [3.63, 3.8) is 0 Å². The highest BCUT2D eigenvalue weighted by molar-refractivity contribution is 6.31. The molecule has 1 aromatic heterocycles. The maximum absolute atomic E-state index is 12.2. The lowest BCUT2D eigenvalue weighted by Gasteiger charge is -2.31. The van der Waals surface area contributed by atoms with Crippen molar-refractivity contribution >= 4 is 17.5 Å². The summed E-state index contributed by atoms with van der Waals surface area (Å²) in [6, 6.07) is 0. The lowest BCUT2D eigenvalue weighted by Crippen LogP contribution is -2.42. The third-order valence-electron chi connectivity index (χ3n) is 3.71. The number of amides is 1. The summed E-state index contributed by atoms with van der Waals surface area (Å²) < 4.78 is 1.66. The first-order valence-corrected chi connectivity index (χ1v) is 6.99. The number of aryl methyl sites for hydroxylation is 1. The Labute approximate surface area is 118 Å². The van der Waals surface area contributed by atoms with E-state index in [9.17, 15) is 9.90 Å². The average molecular weight is 286 g/mol. The van der Waals surface area contributed by atoms with Gasteiger partial charge in [-0.3, -0.25) is 9.48 Å². The quantitative estimate of drug-likeness (QED) is 0.913. The molecule has 0 bridgehead atoms. The highest BCUT2D eigenvalue weighted by Gasteiger charge is 2.24. The predicted molar refractivity (Wildman–Crippen MR) is 73.1 cm³/mol. The summed E-state index contributed by atoms with van der Waals surface area (Å²) in [6.45, 7) is 5.47. The third kappa shape index (κ3) is 3.09. The maximum Gasteiger partial charge on any atom is 0.244 e. The van der Waals surface area contributed by atoms with E-state index < -0.39 is 0 Å². The Bertz CT molecular complexity index is 473.